The molecule has 0 radical (unpaired) electrons. The summed E-state index contributed by atoms with van der Waals surface area (Å²) in [4.78, 5) is 37.9. The first-order chi connectivity index (χ1) is 28.9. The molecule has 0 saturated heterocycles. The Kier molecular flexibility index (Phi) is 46.2. The molecule has 0 aliphatic carbocycles. The van der Waals surface area contributed by atoms with Crippen LogP contribution in [0.15, 0.2) is 0 Å². The van der Waals surface area contributed by atoms with Crippen LogP contribution in [0, 0.1) is 5.92 Å². The third-order valence-electron chi connectivity index (χ3n) is 12.0. The molecule has 0 saturated carbocycles. The van der Waals surface area contributed by atoms with Gasteiger partial charge in [0.2, 0.25) is 0 Å². The highest BCUT2D eigenvalue weighted by Crippen LogP contribution is 2.17. The minimum atomic E-state index is -0.760. The van der Waals surface area contributed by atoms with Crippen molar-refractivity contribution in [2.45, 2.75) is 303 Å². The van der Waals surface area contributed by atoms with E-state index in [9.17, 15) is 14.4 Å². The Balaban J connectivity index is 4.22. The minimum absolute atomic E-state index is 0.0631. The zero-order chi connectivity index (χ0) is 43.1. The summed E-state index contributed by atoms with van der Waals surface area (Å²) < 4.78 is 16.8. The zero-order valence-electron chi connectivity index (χ0n) is 40.2. The highest BCUT2D eigenvalue weighted by molar-refractivity contribution is 5.71. The van der Waals surface area contributed by atoms with Crippen molar-refractivity contribution in [2.75, 3.05) is 13.2 Å². The number of rotatable bonds is 48. The van der Waals surface area contributed by atoms with Crippen LogP contribution in [0.3, 0.4) is 0 Å². The molecule has 0 aromatic heterocycles. The van der Waals surface area contributed by atoms with Gasteiger partial charge < -0.3 is 14.2 Å². The van der Waals surface area contributed by atoms with Gasteiger partial charge in [-0.2, -0.15) is 0 Å². The van der Waals surface area contributed by atoms with Crippen molar-refractivity contribution >= 4 is 17.9 Å². The Bertz CT molecular complexity index is 887. The summed E-state index contributed by atoms with van der Waals surface area (Å²) in [7, 11) is 0. The van der Waals surface area contributed by atoms with Gasteiger partial charge in [0, 0.05) is 19.3 Å². The van der Waals surface area contributed by atoms with E-state index in [1.54, 1.807) is 0 Å². The van der Waals surface area contributed by atoms with Crippen molar-refractivity contribution in [3.63, 3.8) is 0 Å². The Morgan fingerprint density at radius 2 is 0.559 bits per heavy atom. The molecular weight excluding hydrogens is 733 g/mol. The molecule has 0 unspecified atom stereocenters. The predicted molar refractivity (Wildman–Crippen MR) is 252 cm³/mol. The molecule has 350 valence electrons. The van der Waals surface area contributed by atoms with Gasteiger partial charge in [-0.3, -0.25) is 14.4 Å². The molecule has 59 heavy (non-hydrogen) atoms. The van der Waals surface area contributed by atoms with Crippen LogP contribution in [-0.4, -0.2) is 37.2 Å². The van der Waals surface area contributed by atoms with Crippen LogP contribution in [0.25, 0.3) is 0 Å². The average molecular weight is 835 g/mol. The molecule has 1 atom stereocenters. The summed E-state index contributed by atoms with van der Waals surface area (Å²) in [6, 6.07) is 0. The molecule has 0 heterocycles. The van der Waals surface area contributed by atoms with E-state index in [0.29, 0.717) is 19.3 Å². The number of carbonyl (C=O) groups is 3. The van der Waals surface area contributed by atoms with Gasteiger partial charge in [-0.05, 0) is 25.2 Å². The fourth-order valence-corrected chi connectivity index (χ4v) is 8.04. The van der Waals surface area contributed by atoms with E-state index < -0.39 is 6.10 Å². The predicted octanol–water partition coefficient (Wildman–Crippen LogP) is 17.1. The highest BCUT2D eigenvalue weighted by atomic mass is 16.6. The summed E-state index contributed by atoms with van der Waals surface area (Å²) in [5, 5.41) is 0. The van der Waals surface area contributed by atoms with Gasteiger partial charge in [0.15, 0.2) is 6.10 Å². The maximum atomic E-state index is 12.7. The van der Waals surface area contributed by atoms with E-state index >= 15 is 0 Å². The number of unbranched alkanes of at least 4 members (excludes halogenated alkanes) is 35. The van der Waals surface area contributed by atoms with E-state index in [1.165, 1.54) is 193 Å². The SMILES string of the molecule is CCCCCCCCCCCCCCCCCCCCCC(=O)OC[C@@H](COC(=O)CCCCCCCCCCC(C)C)OC(=O)CCCCCCCCCCCCC. The van der Waals surface area contributed by atoms with Crippen LogP contribution in [0.1, 0.15) is 297 Å². The number of hydrogen-bond acceptors (Lipinski definition) is 6. The monoisotopic (exact) mass is 835 g/mol. The molecule has 6 nitrogen and oxygen atoms in total. The molecule has 0 amide bonds. The van der Waals surface area contributed by atoms with E-state index in [-0.39, 0.29) is 31.1 Å². The summed E-state index contributed by atoms with van der Waals surface area (Å²) in [5.41, 5.74) is 0. The van der Waals surface area contributed by atoms with Gasteiger partial charge in [-0.1, -0.05) is 259 Å². The minimum Gasteiger partial charge on any atom is -0.462 e. The number of ether oxygens (including phenoxy) is 3. The fraction of sp³-hybridized carbons (Fsp3) is 0.943. The Labute approximate surface area is 368 Å². The van der Waals surface area contributed by atoms with E-state index in [0.717, 1.165) is 63.7 Å². The van der Waals surface area contributed by atoms with Crippen molar-refractivity contribution in [3.8, 4) is 0 Å². The van der Waals surface area contributed by atoms with Crippen LogP contribution >= 0.6 is 0 Å². The van der Waals surface area contributed by atoms with Crippen LogP contribution in [-0.2, 0) is 28.6 Å². The van der Waals surface area contributed by atoms with Crippen molar-refractivity contribution in [2.24, 2.45) is 5.92 Å². The molecule has 0 aliphatic rings. The lowest BCUT2D eigenvalue weighted by Gasteiger charge is -2.18. The molecule has 0 N–H and O–H groups in total. The normalized spacial score (nSPS) is 11.9. The van der Waals surface area contributed by atoms with Gasteiger partial charge in [0.25, 0.3) is 0 Å². The van der Waals surface area contributed by atoms with Crippen molar-refractivity contribution in [3.05, 3.63) is 0 Å². The molecule has 0 spiro atoms. The quantitative estimate of drug-likeness (QED) is 0.0345. The standard InChI is InChI=1S/C53H102O6/c1-5-7-9-11-13-15-17-18-19-20-21-22-23-24-26-27-32-36-40-44-51(54)57-47-50(59-53(56)46-42-38-34-28-25-16-14-12-10-8-6-2)48-58-52(55)45-41-37-33-30-29-31-35-39-43-49(3)4/h49-50H,5-48H2,1-4H3/t50-/m0/s1. The maximum absolute atomic E-state index is 12.7. The van der Waals surface area contributed by atoms with Gasteiger partial charge in [-0.25, -0.2) is 0 Å². The third kappa shape index (κ3) is 47.3. The van der Waals surface area contributed by atoms with Gasteiger partial charge in [0.05, 0.1) is 0 Å². The fourth-order valence-electron chi connectivity index (χ4n) is 8.04. The lowest BCUT2D eigenvalue weighted by Crippen LogP contribution is -2.30. The second-order valence-electron chi connectivity index (χ2n) is 18.6. The lowest BCUT2D eigenvalue weighted by molar-refractivity contribution is -0.167. The smallest absolute Gasteiger partial charge is 0.306 e. The molecule has 0 rings (SSSR count). The van der Waals surface area contributed by atoms with Crippen LogP contribution < -0.4 is 0 Å². The highest BCUT2D eigenvalue weighted by Gasteiger charge is 2.19. The van der Waals surface area contributed by atoms with Gasteiger partial charge in [-0.15, -0.1) is 0 Å². The largest absolute Gasteiger partial charge is 0.462 e. The zero-order valence-corrected chi connectivity index (χ0v) is 40.2. The summed E-state index contributed by atoms with van der Waals surface area (Å²) >= 11 is 0. The Morgan fingerprint density at radius 1 is 0.322 bits per heavy atom. The van der Waals surface area contributed by atoms with E-state index in [1.807, 2.05) is 0 Å². The van der Waals surface area contributed by atoms with E-state index in [4.69, 9.17) is 14.2 Å². The molecule has 0 aliphatic heterocycles. The van der Waals surface area contributed by atoms with Crippen molar-refractivity contribution < 1.29 is 28.6 Å². The van der Waals surface area contributed by atoms with Crippen LogP contribution in [0.4, 0.5) is 0 Å². The molecule has 6 heteroatoms. The summed E-state index contributed by atoms with van der Waals surface area (Å²) in [5.74, 6) is -0.0504. The molecule has 0 aromatic rings. The molecule has 0 aromatic carbocycles. The number of esters is 3. The second kappa shape index (κ2) is 47.5. The molecule has 0 bridgehead atoms. The summed E-state index contributed by atoms with van der Waals surface area (Å²) in [6.07, 6.45) is 49.5. The second-order valence-corrected chi connectivity index (χ2v) is 18.6. The molecule has 0 fully saturated rings. The van der Waals surface area contributed by atoms with Crippen LogP contribution in [0.5, 0.6) is 0 Å². The van der Waals surface area contributed by atoms with E-state index in [2.05, 4.69) is 27.7 Å². The third-order valence-corrected chi connectivity index (χ3v) is 12.0. The molecular formula is C53H102O6. The topological polar surface area (TPSA) is 78.9 Å². The van der Waals surface area contributed by atoms with Gasteiger partial charge in [0.1, 0.15) is 13.2 Å². The summed E-state index contributed by atoms with van der Waals surface area (Å²) in [6.45, 7) is 8.99. The van der Waals surface area contributed by atoms with Gasteiger partial charge >= 0.3 is 17.9 Å². The first-order valence-electron chi connectivity index (χ1n) is 26.4. The first-order valence-corrected chi connectivity index (χ1v) is 26.4. The first kappa shape index (κ1) is 57.4. The maximum Gasteiger partial charge on any atom is 0.306 e. The Hall–Kier alpha value is -1.59. The van der Waals surface area contributed by atoms with Crippen molar-refractivity contribution in [1.29, 1.82) is 0 Å². The lowest BCUT2D eigenvalue weighted by atomic mass is 10.0. The number of carbonyl (C=O) groups excluding carboxylic acids is 3. The average Bonchev–Trinajstić information content (AvgIpc) is 3.22. The van der Waals surface area contributed by atoms with Crippen molar-refractivity contribution in [1.82, 2.24) is 0 Å². The number of hydrogen-bond donors (Lipinski definition) is 0. The van der Waals surface area contributed by atoms with Crippen LogP contribution in [0.2, 0.25) is 0 Å². The Morgan fingerprint density at radius 3 is 0.831 bits per heavy atom.